The van der Waals surface area contributed by atoms with Crippen molar-refractivity contribution < 1.29 is 9.90 Å². The van der Waals surface area contributed by atoms with E-state index in [0.717, 1.165) is 0 Å². The second kappa shape index (κ2) is 5.25. The topological polar surface area (TPSA) is 75.4 Å². The van der Waals surface area contributed by atoms with Crippen molar-refractivity contribution >= 4 is 23.3 Å². The number of hydrogen-bond donors (Lipinski definition) is 3. The minimum atomic E-state index is -0.691. The predicted molar refractivity (Wildman–Crippen MR) is 58.6 cm³/mol. The Labute approximate surface area is 92.0 Å². The number of urea groups is 1. The fraction of sp³-hybridized carbons (Fsp3) is 0.100. The maximum atomic E-state index is 10.6. The highest BCUT2D eigenvalue weighted by Crippen LogP contribution is 2.22. The van der Waals surface area contributed by atoms with E-state index in [0.29, 0.717) is 16.3 Å². The standard InChI is InChI=1S/C10H9ClN2O2/c11-8-4-3-7(2-1-5-14)6-9(8)13-10(12)15/h3-4,6,14H,5H2,(H3,12,13,15). The van der Waals surface area contributed by atoms with Crippen molar-refractivity contribution in [1.82, 2.24) is 0 Å². The lowest BCUT2D eigenvalue weighted by Crippen LogP contribution is -2.19. The molecule has 0 aromatic heterocycles. The molecule has 0 aliphatic rings. The van der Waals surface area contributed by atoms with Crippen LogP contribution in [0, 0.1) is 11.8 Å². The van der Waals surface area contributed by atoms with Gasteiger partial charge in [0.05, 0.1) is 10.7 Å². The van der Waals surface area contributed by atoms with Crippen LogP contribution in [0.5, 0.6) is 0 Å². The molecule has 1 aromatic carbocycles. The molecule has 15 heavy (non-hydrogen) atoms. The van der Waals surface area contributed by atoms with Gasteiger partial charge in [0.15, 0.2) is 0 Å². The number of nitrogens with one attached hydrogen (secondary N) is 1. The van der Waals surface area contributed by atoms with Gasteiger partial charge >= 0.3 is 6.03 Å². The van der Waals surface area contributed by atoms with Gasteiger partial charge < -0.3 is 16.2 Å². The van der Waals surface area contributed by atoms with Gasteiger partial charge in [0.25, 0.3) is 0 Å². The number of benzene rings is 1. The highest BCUT2D eigenvalue weighted by molar-refractivity contribution is 6.33. The summed E-state index contributed by atoms with van der Waals surface area (Å²) in [7, 11) is 0. The van der Waals surface area contributed by atoms with Crippen LogP contribution < -0.4 is 11.1 Å². The van der Waals surface area contributed by atoms with E-state index in [2.05, 4.69) is 17.2 Å². The zero-order valence-corrected chi connectivity index (χ0v) is 8.51. The van der Waals surface area contributed by atoms with Gasteiger partial charge in [-0.2, -0.15) is 0 Å². The van der Waals surface area contributed by atoms with E-state index < -0.39 is 6.03 Å². The fourth-order valence-corrected chi connectivity index (χ4v) is 1.14. The molecule has 5 heteroatoms. The number of carbonyl (C=O) groups is 1. The third kappa shape index (κ3) is 3.50. The van der Waals surface area contributed by atoms with Crippen LogP contribution in [0.4, 0.5) is 10.5 Å². The normalized spacial score (nSPS) is 8.93. The molecule has 0 fully saturated rings. The molecule has 2 amide bonds. The first-order valence-electron chi connectivity index (χ1n) is 4.09. The maximum Gasteiger partial charge on any atom is 0.316 e. The van der Waals surface area contributed by atoms with Crippen LogP contribution in [0.1, 0.15) is 5.56 Å². The SMILES string of the molecule is NC(=O)Nc1cc(C#CCO)ccc1Cl. The molecular formula is C10H9ClN2O2. The quantitative estimate of drug-likeness (QED) is 0.627. The zero-order chi connectivity index (χ0) is 11.3. The molecular weight excluding hydrogens is 216 g/mol. The van der Waals surface area contributed by atoms with Crippen LogP contribution in [-0.2, 0) is 0 Å². The third-order valence-electron chi connectivity index (χ3n) is 1.54. The van der Waals surface area contributed by atoms with E-state index in [4.69, 9.17) is 22.4 Å². The van der Waals surface area contributed by atoms with Crippen molar-refractivity contribution in [3.05, 3.63) is 28.8 Å². The average molecular weight is 225 g/mol. The van der Waals surface area contributed by atoms with Crippen molar-refractivity contribution in [3.63, 3.8) is 0 Å². The summed E-state index contributed by atoms with van der Waals surface area (Å²) in [5, 5.41) is 11.3. The van der Waals surface area contributed by atoms with Crippen LogP contribution in [0.25, 0.3) is 0 Å². The lowest BCUT2D eigenvalue weighted by molar-refractivity contribution is 0.259. The maximum absolute atomic E-state index is 10.6. The summed E-state index contributed by atoms with van der Waals surface area (Å²) in [6.07, 6.45) is 0. The molecule has 0 saturated heterocycles. The minimum absolute atomic E-state index is 0.221. The van der Waals surface area contributed by atoms with Crippen molar-refractivity contribution in [2.45, 2.75) is 0 Å². The Morgan fingerprint density at radius 3 is 2.93 bits per heavy atom. The number of halogens is 1. The van der Waals surface area contributed by atoms with Crippen LogP contribution in [0.3, 0.4) is 0 Å². The van der Waals surface area contributed by atoms with E-state index in [-0.39, 0.29) is 6.61 Å². The first kappa shape index (κ1) is 11.4. The van der Waals surface area contributed by atoms with Crippen molar-refractivity contribution in [2.24, 2.45) is 5.73 Å². The number of carbonyl (C=O) groups excluding carboxylic acids is 1. The molecule has 1 rings (SSSR count). The van der Waals surface area contributed by atoms with E-state index in [1.807, 2.05) is 0 Å². The number of amides is 2. The zero-order valence-electron chi connectivity index (χ0n) is 7.75. The van der Waals surface area contributed by atoms with Crippen LogP contribution in [0.2, 0.25) is 5.02 Å². The van der Waals surface area contributed by atoms with Gasteiger partial charge in [-0.15, -0.1) is 0 Å². The highest BCUT2D eigenvalue weighted by atomic mass is 35.5. The van der Waals surface area contributed by atoms with Gasteiger partial charge in [-0.25, -0.2) is 4.79 Å². The summed E-state index contributed by atoms with van der Waals surface area (Å²) in [4.78, 5) is 10.6. The van der Waals surface area contributed by atoms with Gasteiger partial charge in [-0.1, -0.05) is 23.4 Å². The van der Waals surface area contributed by atoms with Gasteiger partial charge in [-0.3, -0.25) is 0 Å². The smallest absolute Gasteiger partial charge is 0.316 e. The lowest BCUT2D eigenvalue weighted by Gasteiger charge is -2.04. The van der Waals surface area contributed by atoms with E-state index >= 15 is 0 Å². The molecule has 78 valence electrons. The fourth-order valence-electron chi connectivity index (χ4n) is 0.973. The number of rotatable bonds is 1. The first-order valence-corrected chi connectivity index (χ1v) is 4.47. The Kier molecular flexibility index (Phi) is 3.98. The second-order valence-electron chi connectivity index (χ2n) is 2.64. The second-order valence-corrected chi connectivity index (χ2v) is 3.05. The van der Waals surface area contributed by atoms with Gasteiger partial charge in [0, 0.05) is 5.56 Å². The van der Waals surface area contributed by atoms with Crippen molar-refractivity contribution in [1.29, 1.82) is 0 Å². The Morgan fingerprint density at radius 2 is 2.33 bits per heavy atom. The van der Waals surface area contributed by atoms with Crippen LogP contribution in [-0.4, -0.2) is 17.7 Å². The molecule has 0 heterocycles. The summed E-state index contributed by atoms with van der Waals surface area (Å²) in [6, 6.07) is 4.16. The summed E-state index contributed by atoms with van der Waals surface area (Å²) in [6.45, 7) is -0.221. The Morgan fingerprint density at radius 1 is 1.60 bits per heavy atom. The monoisotopic (exact) mass is 224 g/mol. The molecule has 4 N–H and O–H groups in total. The molecule has 0 aliphatic heterocycles. The van der Waals surface area contributed by atoms with E-state index in [1.165, 1.54) is 0 Å². The first-order chi connectivity index (χ1) is 7.13. The number of aliphatic hydroxyl groups is 1. The van der Waals surface area contributed by atoms with Crippen molar-refractivity contribution in [2.75, 3.05) is 11.9 Å². The lowest BCUT2D eigenvalue weighted by atomic mass is 10.2. The Balaban J connectivity index is 2.99. The minimum Gasteiger partial charge on any atom is -0.384 e. The van der Waals surface area contributed by atoms with Crippen LogP contribution >= 0.6 is 11.6 Å². The predicted octanol–water partition coefficient (Wildman–Crippen LogP) is 1.17. The number of nitrogens with two attached hydrogens (primary N) is 1. The summed E-state index contributed by atoms with van der Waals surface area (Å²) in [5.74, 6) is 5.17. The molecule has 0 atom stereocenters. The van der Waals surface area contributed by atoms with Gasteiger partial charge in [-0.05, 0) is 18.2 Å². The number of primary amides is 1. The summed E-state index contributed by atoms with van der Waals surface area (Å²) >= 11 is 5.81. The number of hydrogen-bond acceptors (Lipinski definition) is 2. The largest absolute Gasteiger partial charge is 0.384 e. The molecule has 4 nitrogen and oxygen atoms in total. The van der Waals surface area contributed by atoms with Crippen molar-refractivity contribution in [3.8, 4) is 11.8 Å². The Bertz CT molecular complexity index is 435. The molecule has 1 aromatic rings. The molecule has 0 aliphatic carbocycles. The van der Waals surface area contributed by atoms with Gasteiger partial charge in [0.2, 0.25) is 0 Å². The summed E-state index contributed by atoms with van der Waals surface area (Å²) in [5.41, 5.74) is 5.99. The summed E-state index contributed by atoms with van der Waals surface area (Å²) < 4.78 is 0. The molecule has 0 saturated carbocycles. The molecule has 0 spiro atoms. The molecule has 0 bridgehead atoms. The Hall–Kier alpha value is -1.70. The number of aliphatic hydroxyl groups excluding tert-OH is 1. The highest BCUT2D eigenvalue weighted by Gasteiger charge is 2.02. The van der Waals surface area contributed by atoms with E-state index in [9.17, 15) is 4.79 Å². The number of anilines is 1. The third-order valence-corrected chi connectivity index (χ3v) is 1.87. The molecule has 0 unspecified atom stereocenters. The van der Waals surface area contributed by atoms with E-state index in [1.54, 1.807) is 18.2 Å². The molecule has 0 radical (unpaired) electrons. The van der Waals surface area contributed by atoms with Crippen LogP contribution in [0.15, 0.2) is 18.2 Å². The average Bonchev–Trinajstić information content (AvgIpc) is 2.18. The van der Waals surface area contributed by atoms with Gasteiger partial charge in [0.1, 0.15) is 6.61 Å².